The second kappa shape index (κ2) is 6.31. The Kier molecular flexibility index (Phi) is 4.22. The number of aromatic carboxylic acids is 1. The second-order valence-corrected chi connectivity index (χ2v) is 6.55. The smallest absolute Gasteiger partial charge is 0.346 e. The summed E-state index contributed by atoms with van der Waals surface area (Å²) >= 11 is 2.38. The normalized spacial score (nSPS) is 10.7. The Morgan fingerprint density at radius 2 is 2.22 bits per heavy atom. The lowest BCUT2D eigenvalue weighted by Crippen LogP contribution is -2.23. The van der Waals surface area contributed by atoms with Crippen LogP contribution >= 0.6 is 22.7 Å². The number of amides is 1. The number of nitrogens with zero attached hydrogens (tertiary/aromatic N) is 2. The first kappa shape index (κ1) is 15.4. The largest absolute Gasteiger partial charge is 0.477 e. The minimum atomic E-state index is -0.988. The Bertz CT molecular complexity index is 851. The molecule has 0 saturated heterocycles. The first-order chi connectivity index (χ1) is 11.1. The Morgan fingerprint density at radius 3 is 2.91 bits per heavy atom. The zero-order valence-corrected chi connectivity index (χ0v) is 13.6. The van der Waals surface area contributed by atoms with Crippen molar-refractivity contribution in [3.63, 3.8) is 0 Å². The average Bonchev–Trinajstić information content (AvgIpc) is 3.24. The van der Waals surface area contributed by atoms with E-state index in [2.05, 4.69) is 20.3 Å². The zero-order chi connectivity index (χ0) is 16.4. The van der Waals surface area contributed by atoms with Gasteiger partial charge in [0.05, 0.1) is 5.69 Å². The predicted octanol–water partition coefficient (Wildman–Crippen LogP) is 2.53. The fourth-order valence-corrected chi connectivity index (χ4v) is 3.71. The van der Waals surface area contributed by atoms with Crippen LogP contribution in [0.4, 0.5) is 0 Å². The van der Waals surface area contributed by atoms with E-state index in [1.807, 2.05) is 0 Å². The standard InChI is InChI=1S/C14H12N4O3S2/c1-7-9(23-13(18-7)11-15-3-4-16-11)12(19)17-6-8-2-5-22-10(8)14(20)21/h2-5H,6H2,1H3,(H,15,16)(H,17,19)(H,20,21). The van der Waals surface area contributed by atoms with Crippen LogP contribution in [0, 0.1) is 6.92 Å². The molecule has 0 aliphatic heterocycles. The maximum absolute atomic E-state index is 12.3. The van der Waals surface area contributed by atoms with Crippen LogP contribution in [0.25, 0.3) is 10.8 Å². The molecule has 0 aliphatic carbocycles. The van der Waals surface area contributed by atoms with Crippen molar-refractivity contribution in [3.05, 3.63) is 44.9 Å². The minimum Gasteiger partial charge on any atom is -0.477 e. The summed E-state index contributed by atoms with van der Waals surface area (Å²) in [5.74, 6) is -0.651. The number of hydrogen-bond acceptors (Lipinski definition) is 6. The lowest BCUT2D eigenvalue weighted by molar-refractivity contribution is 0.0700. The molecule has 0 saturated carbocycles. The number of thiophene rings is 1. The predicted molar refractivity (Wildman–Crippen MR) is 86.9 cm³/mol. The number of H-pyrrole nitrogens is 1. The lowest BCUT2D eigenvalue weighted by Gasteiger charge is -2.03. The van der Waals surface area contributed by atoms with Gasteiger partial charge in [-0.3, -0.25) is 4.79 Å². The third-order valence-corrected chi connectivity index (χ3v) is 5.19. The highest BCUT2D eigenvalue weighted by molar-refractivity contribution is 7.17. The van der Waals surface area contributed by atoms with Gasteiger partial charge in [-0.15, -0.1) is 22.7 Å². The molecule has 9 heteroatoms. The van der Waals surface area contributed by atoms with E-state index in [-0.39, 0.29) is 17.3 Å². The number of rotatable bonds is 5. The molecular weight excluding hydrogens is 336 g/mol. The molecule has 0 spiro atoms. The van der Waals surface area contributed by atoms with Crippen molar-refractivity contribution in [3.8, 4) is 10.8 Å². The van der Waals surface area contributed by atoms with E-state index in [9.17, 15) is 9.59 Å². The molecule has 3 aromatic heterocycles. The molecule has 7 nitrogen and oxygen atoms in total. The van der Waals surface area contributed by atoms with E-state index in [1.54, 1.807) is 30.8 Å². The summed E-state index contributed by atoms with van der Waals surface area (Å²) in [6, 6.07) is 1.70. The summed E-state index contributed by atoms with van der Waals surface area (Å²) in [4.78, 5) is 35.5. The quantitative estimate of drug-likeness (QED) is 0.656. The Labute approximate surface area is 139 Å². The van der Waals surface area contributed by atoms with Crippen LogP contribution in [0.1, 0.15) is 30.6 Å². The van der Waals surface area contributed by atoms with Gasteiger partial charge in [-0.25, -0.2) is 14.8 Å². The fraction of sp³-hybridized carbons (Fsp3) is 0.143. The molecular formula is C14H12N4O3S2. The Hall–Kier alpha value is -2.52. The molecule has 0 atom stereocenters. The molecule has 0 fully saturated rings. The van der Waals surface area contributed by atoms with Crippen LogP contribution < -0.4 is 5.32 Å². The Morgan fingerprint density at radius 1 is 1.39 bits per heavy atom. The third kappa shape index (κ3) is 3.15. The van der Waals surface area contributed by atoms with E-state index in [1.165, 1.54) is 11.3 Å². The van der Waals surface area contributed by atoms with Crippen molar-refractivity contribution in [2.24, 2.45) is 0 Å². The van der Waals surface area contributed by atoms with Crippen molar-refractivity contribution >= 4 is 34.6 Å². The average molecular weight is 348 g/mol. The zero-order valence-electron chi connectivity index (χ0n) is 12.0. The highest BCUT2D eigenvalue weighted by Gasteiger charge is 2.18. The molecule has 0 aromatic carbocycles. The number of aromatic nitrogens is 3. The highest BCUT2D eigenvalue weighted by atomic mass is 32.1. The summed E-state index contributed by atoms with van der Waals surface area (Å²) in [6.45, 7) is 1.92. The second-order valence-electron chi connectivity index (χ2n) is 4.63. The fourth-order valence-electron chi connectivity index (χ4n) is 2.01. The molecule has 0 aliphatic rings. The van der Waals surface area contributed by atoms with Crippen molar-refractivity contribution in [2.45, 2.75) is 13.5 Å². The van der Waals surface area contributed by atoms with E-state index in [4.69, 9.17) is 5.11 Å². The van der Waals surface area contributed by atoms with Crippen molar-refractivity contribution in [2.75, 3.05) is 0 Å². The van der Waals surface area contributed by atoms with Crippen LogP contribution in [-0.2, 0) is 6.54 Å². The van der Waals surface area contributed by atoms with Gasteiger partial charge in [-0.1, -0.05) is 0 Å². The van der Waals surface area contributed by atoms with E-state index >= 15 is 0 Å². The van der Waals surface area contributed by atoms with Gasteiger partial charge in [-0.05, 0) is 23.9 Å². The number of carbonyl (C=O) groups is 2. The summed E-state index contributed by atoms with van der Waals surface area (Å²) in [6.07, 6.45) is 3.31. The number of carbonyl (C=O) groups excluding carboxylic acids is 1. The maximum atomic E-state index is 12.3. The maximum Gasteiger partial charge on any atom is 0.346 e. The number of carboxylic acid groups (broad SMARTS) is 1. The van der Waals surface area contributed by atoms with Gasteiger partial charge in [0, 0.05) is 18.9 Å². The van der Waals surface area contributed by atoms with Crippen LogP contribution in [-0.4, -0.2) is 31.9 Å². The van der Waals surface area contributed by atoms with Crippen LogP contribution in [0.15, 0.2) is 23.8 Å². The van der Waals surface area contributed by atoms with E-state index < -0.39 is 5.97 Å². The number of nitrogens with one attached hydrogen (secondary N) is 2. The van der Waals surface area contributed by atoms with Crippen molar-refractivity contribution in [1.82, 2.24) is 20.3 Å². The SMILES string of the molecule is Cc1nc(-c2ncc[nH]2)sc1C(=O)NCc1ccsc1C(=O)O. The molecule has 3 rings (SSSR count). The van der Waals surface area contributed by atoms with Gasteiger partial charge in [-0.2, -0.15) is 0 Å². The minimum absolute atomic E-state index is 0.164. The molecule has 0 unspecified atom stereocenters. The van der Waals surface area contributed by atoms with Crippen LogP contribution in [0.3, 0.4) is 0 Å². The summed E-state index contributed by atoms with van der Waals surface area (Å²) in [5, 5.41) is 14.1. The molecule has 3 N–H and O–H groups in total. The molecule has 23 heavy (non-hydrogen) atoms. The van der Waals surface area contributed by atoms with Gasteiger partial charge >= 0.3 is 5.97 Å². The van der Waals surface area contributed by atoms with E-state index in [0.717, 1.165) is 11.3 Å². The van der Waals surface area contributed by atoms with Gasteiger partial charge in [0.2, 0.25) is 0 Å². The summed E-state index contributed by atoms with van der Waals surface area (Å²) in [5.41, 5.74) is 1.20. The highest BCUT2D eigenvalue weighted by Crippen LogP contribution is 2.25. The van der Waals surface area contributed by atoms with Gasteiger partial charge in [0.1, 0.15) is 9.75 Å². The number of imidazole rings is 1. The van der Waals surface area contributed by atoms with Gasteiger partial charge in [0.15, 0.2) is 10.8 Å². The third-order valence-electron chi connectivity index (χ3n) is 3.08. The van der Waals surface area contributed by atoms with Gasteiger partial charge < -0.3 is 15.4 Å². The number of aryl methyl sites for hydroxylation is 1. The molecule has 3 aromatic rings. The van der Waals surface area contributed by atoms with Gasteiger partial charge in [0.25, 0.3) is 5.91 Å². The molecule has 0 bridgehead atoms. The number of carboxylic acids is 1. The number of hydrogen-bond donors (Lipinski definition) is 3. The number of thiazole rings is 1. The molecule has 1 amide bonds. The van der Waals surface area contributed by atoms with E-state index in [0.29, 0.717) is 27.0 Å². The Balaban J connectivity index is 1.74. The monoisotopic (exact) mass is 348 g/mol. The first-order valence-corrected chi connectivity index (χ1v) is 8.31. The molecule has 0 radical (unpaired) electrons. The topological polar surface area (TPSA) is 108 Å². The van der Waals surface area contributed by atoms with Crippen LogP contribution in [0.5, 0.6) is 0 Å². The summed E-state index contributed by atoms with van der Waals surface area (Å²) < 4.78 is 0. The van der Waals surface area contributed by atoms with Crippen molar-refractivity contribution in [1.29, 1.82) is 0 Å². The first-order valence-electron chi connectivity index (χ1n) is 6.61. The van der Waals surface area contributed by atoms with Crippen LogP contribution in [0.2, 0.25) is 0 Å². The lowest BCUT2D eigenvalue weighted by atomic mass is 10.2. The molecule has 118 valence electrons. The summed E-state index contributed by atoms with van der Waals surface area (Å²) in [7, 11) is 0. The number of aromatic amines is 1. The van der Waals surface area contributed by atoms with Crippen molar-refractivity contribution < 1.29 is 14.7 Å². The molecule has 3 heterocycles.